The highest BCUT2D eigenvalue weighted by Gasteiger charge is 2.06. The lowest BCUT2D eigenvalue weighted by Gasteiger charge is -2.06. The van der Waals surface area contributed by atoms with Gasteiger partial charge in [0.1, 0.15) is 17.2 Å². The standard InChI is InChI=1S/C12H7ClFNO2/c13-12-6-9(3-4-15-12)17-11-2-1-8(7-16)5-10(11)14/h1-7H. The van der Waals surface area contributed by atoms with Crippen LogP contribution >= 0.6 is 11.6 Å². The minimum absolute atomic E-state index is 0.0258. The van der Waals surface area contributed by atoms with Crippen LogP contribution in [0.5, 0.6) is 11.5 Å². The Balaban J connectivity index is 2.27. The monoisotopic (exact) mass is 251 g/mol. The van der Waals surface area contributed by atoms with Gasteiger partial charge in [0.25, 0.3) is 0 Å². The van der Waals surface area contributed by atoms with Crippen molar-refractivity contribution in [1.82, 2.24) is 4.98 Å². The van der Waals surface area contributed by atoms with E-state index >= 15 is 0 Å². The Hall–Kier alpha value is -1.94. The predicted octanol–water partition coefficient (Wildman–Crippen LogP) is 3.48. The summed E-state index contributed by atoms with van der Waals surface area (Å²) in [6, 6.07) is 6.97. The van der Waals surface area contributed by atoms with E-state index in [2.05, 4.69) is 4.98 Å². The maximum atomic E-state index is 13.5. The number of hydrogen-bond acceptors (Lipinski definition) is 3. The van der Waals surface area contributed by atoms with Crippen molar-refractivity contribution in [1.29, 1.82) is 0 Å². The van der Waals surface area contributed by atoms with Gasteiger partial charge in [-0.15, -0.1) is 0 Å². The third-order valence-corrected chi connectivity index (χ3v) is 2.22. The third-order valence-electron chi connectivity index (χ3n) is 2.02. The number of ether oxygens (including phenoxy) is 1. The summed E-state index contributed by atoms with van der Waals surface area (Å²) in [5.74, 6) is -0.205. The zero-order valence-electron chi connectivity index (χ0n) is 8.56. The van der Waals surface area contributed by atoms with Crippen LogP contribution in [-0.2, 0) is 0 Å². The molecule has 0 fully saturated rings. The molecule has 0 aliphatic carbocycles. The van der Waals surface area contributed by atoms with E-state index in [0.29, 0.717) is 12.0 Å². The average molecular weight is 252 g/mol. The number of aldehydes is 1. The summed E-state index contributed by atoms with van der Waals surface area (Å²) in [6.07, 6.45) is 2.02. The number of halogens is 2. The van der Waals surface area contributed by atoms with Crippen LogP contribution in [0, 0.1) is 5.82 Å². The number of aromatic nitrogens is 1. The van der Waals surface area contributed by atoms with E-state index in [1.54, 1.807) is 6.07 Å². The molecule has 0 saturated carbocycles. The highest BCUT2D eigenvalue weighted by Crippen LogP contribution is 2.25. The smallest absolute Gasteiger partial charge is 0.166 e. The zero-order valence-corrected chi connectivity index (χ0v) is 9.32. The summed E-state index contributed by atoms with van der Waals surface area (Å²) in [5.41, 5.74) is 0.252. The van der Waals surface area contributed by atoms with E-state index in [9.17, 15) is 9.18 Å². The van der Waals surface area contributed by atoms with E-state index in [1.165, 1.54) is 24.4 Å². The first-order chi connectivity index (χ1) is 8.19. The molecule has 1 aromatic heterocycles. The molecule has 0 atom stereocenters. The van der Waals surface area contributed by atoms with E-state index in [1.807, 2.05) is 0 Å². The van der Waals surface area contributed by atoms with Crippen LogP contribution in [0.4, 0.5) is 4.39 Å². The predicted molar refractivity (Wildman–Crippen MR) is 61.1 cm³/mol. The second-order valence-corrected chi connectivity index (χ2v) is 3.61. The Kier molecular flexibility index (Phi) is 3.35. The molecule has 2 rings (SSSR count). The fourth-order valence-corrected chi connectivity index (χ4v) is 1.41. The SMILES string of the molecule is O=Cc1ccc(Oc2ccnc(Cl)c2)c(F)c1. The Bertz CT molecular complexity index is 560. The Morgan fingerprint density at radius 3 is 2.76 bits per heavy atom. The third kappa shape index (κ3) is 2.79. The van der Waals surface area contributed by atoms with Gasteiger partial charge in [0, 0.05) is 17.8 Å². The largest absolute Gasteiger partial charge is 0.454 e. The molecule has 0 radical (unpaired) electrons. The Labute approximate surface area is 102 Å². The van der Waals surface area contributed by atoms with Crippen LogP contribution in [0.2, 0.25) is 5.15 Å². The van der Waals surface area contributed by atoms with Crippen LogP contribution in [0.15, 0.2) is 36.5 Å². The molecule has 86 valence electrons. The molecule has 0 spiro atoms. The number of hydrogen-bond donors (Lipinski definition) is 0. The molecule has 0 saturated heterocycles. The van der Waals surface area contributed by atoms with Gasteiger partial charge in [0.05, 0.1) is 0 Å². The van der Waals surface area contributed by atoms with Gasteiger partial charge in [-0.05, 0) is 24.3 Å². The first kappa shape index (κ1) is 11.5. The second-order valence-electron chi connectivity index (χ2n) is 3.22. The van der Waals surface area contributed by atoms with Gasteiger partial charge < -0.3 is 4.74 Å². The highest BCUT2D eigenvalue weighted by atomic mass is 35.5. The Morgan fingerprint density at radius 1 is 1.29 bits per heavy atom. The lowest BCUT2D eigenvalue weighted by molar-refractivity contribution is 0.112. The molecule has 1 heterocycles. The number of benzene rings is 1. The van der Waals surface area contributed by atoms with Crippen LogP contribution in [0.25, 0.3) is 0 Å². The molecule has 17 heavy (non-hydrogen) atoms. The number of nitrogens with zero attached hydrogens (tertiary/aromatic N) is 1. The van der Waals surface area contributed by atoms with Crippen LogP contribution < -0.4 is 4.74 Å². The normalized spacial score (nSPS) is 10.0. The number of pyridine rings is 1. The molecule has 0 bridgehead atoms. The minimum atomic E-state index is -0.609. The molecule has 1 aromatic carbocycles. The molecule has 0 N–H and O–H groups in total. The molecule has 5 heteroatoms. The second kappa shape index (κ2) is 4.93. The van der Waals surface area contributed by atoms with Crippen molar-refractivity contribution in [3.8, 4) is 11.5 Å². The van der Waals surface area contributed by atoms with Crippen molar-refractivity contribution in [2.24, 2.45) is 0 Å². The first-order valence-electron chi connectivity index (χ1n) is 4.73. The molecular weight excluding hydrogens is 245 g/mol. The van der Waals surface area contributed by atoms with Gasteiger partial charge in [0.15, 0.2) is 11.6 Å². The van der Waals surface area contributed by atoms with Crippen LogP contribution in [-0.4, -0.2) is 11.3 Å². The van der Waals surface area contributed by atoms with E-state index in [-0.39, 0.29) is 16.5 Å². The van der Waals surface area contributed by atoms with Gasteiger partial charge in [-0.1, -0.05) is 11.6 Å². The van der Waals surface area contributed by atoms with E-state index < -0.39 is 5.82 Å². The average Bonchev–Trinajstić information content (AvgIpc) is 2.32. The van der Waals surface area contributed by atoms with Gasteiger partial charge in [-0.25, -0.2) is 9.37 Å². The van der Waals surface area contributed by atoms with Crippen molar-refractivity contribution in [3.05, 3.63) is 53.1 Å². The topological polar surface area (TPSA) is 39.2 Å². The fourth-order valence-electron chi connectivity index (χ4n) is 1.25. The molecule has 3 nitrogen and oxygen atoms in total. The van der Waals surface area contributed by atoms with Crippen molar-refractivity contribution in [2.75, 3.05) is 0 Å². The maximum Gasteiger partial charge on any atom is 0.166 e. The van der Waals surface area contributed by atoms with Gasteiger partial charge >= 0.3 is 0 Å². The Morgan fingerprint density at radius 2 is 2.12 bits per heavy atom. The molecule has 0 unspecified atom stereocenters. The summed E-state index contributed by atoms with van der Waals surface area (Å²) >= 11 is 5.67. The molecule has 0 aliphatic rings. The van der Waals surface area contributed by atoms with E-state index in [4.69, 9.17) is 16.3 Å². The van der Waals surface area contributed by atoms with Crippen molar-refractivity contribution >= 4 is 17.9 Å². The minimum Gasteiger partial charge on any atom is -0.454 e. The summed E-state index contributed by atoms with van der Waals surface area (Å²) in [5, 5.41) is 0.257. The fraction of sp³-hybridized carbons (Fsp3) is 0. The van der Waals surface area contributed by atoms with Crippen molar-refractivity contribution in [2.45, 2.75) is 0 Å². The first-order valence-corrected chi connectivity index (χ1v) is 5.11. The maximum absolute atomic E-state index is 13.5. The summed E-state index contributed by atoms with van der Waals surface area (Å²) in [7, 11) is 0. The summed E-state index contributed by atoms with van der Waals surface area (Å²) in [6.45, 7) is 0. The molecule has 0 amide bonds. The van der Waals surface area contributed by atoms with Crippen LogP contribution in [0.3, 0.4) is 0 Å². The van der Waals surface area contributed by atoms with Crippen LogP contribution in [0.1, 0.15) is 10.4 Å². The summed E-state index contributed by atoms with van der Waals surface area (Å²) < 4.78 is 18.8. The number of rotatable bonds is 3. The molecular formula is C12H7ClFNO2. The molecule has 0 aliphatic heterocycles. The molecule has 2 aromatic rings. The zero-order chi connectivity index (χ0) is 12.3. The summed E-state index contributed by atoms with van der Waals surface area (Å²) in [4.78, 5) is 14.2. The van der Waals surface area contributed by atoms with E-state index in [0.717, 1.165) is 6.07 Å². The number of carbonyl (C=O) groups excluding carboxylic acids is 1. The number of carbonyl (C=O) groups is 1. The quantitative estimate of drug-likeness (QED) is 0.619. The van der Waals surface area contributed by atoms with Crippen molar-refractivity contribution in [3.63, 3.8) is 0 Å². The lowest BCUT2D eigenvalue weighted by Crippen LogP contribution is -1.90. The lowest BCUT2D eigenvalue weighted by atomic mass is 10.2. The van der Waals surface area contributed by atoms with Gasteiger partial charge in [-0.3, -0.25) is 4.79 Å². The van der Waals surface area contributed by atoms with Gasteiger partial charge in [-0.2, -0.15) is 0 Å². The highest BCUT2D eigenvalue weighted by molar-refractivity contribution is 6.29. The van der Waals surface area contributed by atoms with Crippen molar-refractivity contribution < 1.29 is 13.9 Å². The van der Waals surface area contributed by atoms with Gasteiger partial charge in [0.2, 0.25) is 0 Å².